The number of alkyl halides is 3. The van der Waals surface area contributed by atoms with Crippen LogP contribution in [0.25, 0.3) is 5.65 Å². The predicted molar refractivity (Wildman–Crippen MR) is 99.1 cm³/mol. The quantitative estimate of drug-likeness (QED) is 0.655. The van der Waals surface area contributed by atoms with E-state index in [2.05, 4.69) is 20.6 Å². The van der Waals surface area contributed by atoms with Gasteiger partial charge in [0, 0.05) is 19.0 Å². The van der Waals surface area contributed by atoms with E-state index < -0.39 is 29.9 Å². The highest BCUT2D eigenvalue weighted by molar-refractivity contribution is 5.79. The molecule has 1 aromatic carbocycles. The standard InChI is InChI=1S/C19H18F4N6O/c20-14-3-1-12(2-4-14)17(19(21,22)23)25-18(30)13-7-9-28(10-8-13)16-6-5-15-26-24-11-29(15)27-16/h1-6,11,13,17H,7-10H2,(H,25,30). The van der Waals surface area contributed by atoms with E-state index in [0.717, 1.165) is 24.3 Å². The van der Waals surface area contributed by atoms with Crippen molar-refractivity contribution in [3.05, 3.63) is 54.1 Å². The highest BCUT2D eigenvalue weighted by Gasteiger charge is 2.43. The Morgan fingerprint density at radius 3 is 2.47 bits per heavy atom. The summed E-state index contributed by atoms with van der Waals surface area (Å²) in [4.78, 5) is 14.5. The predicted octanol–water partition coefficient (Wildman–Crippen LogP) is 2.90. The maximum Gasteiger partial charge on any atom is 0.412 e. The summed E-state index contributed by atoms with van der Waals surface area (Å²) in [5.74, 6) is -1.18. The largest absolute Gasteiger partial charge is 0.412 e. The molecule has 0 spiro atoms. The van der Waals surface area contributed by atoms with Crippen molar-refractivity contribution in [1.29, 1.82) is 0 Å². The van der Waals surface area contributed by atoms with Gasteiger partial charge in [0.2, 0.25) is 5.91 Å². The van der Waals surface area contributed by atoms with Crippen LogP contribution in [0.1, 0.15) is 24.4 Å². The molecule has 4 rings (SSSR count). The van der Waals surface area contributed by atoms with Crippen molar-refractivity contribution in [3.8, 4) is 0 Å². The van der Waals surface area contributed by atoms with Gasteiger partial charge < -0.3 is 10.2 Å². The fourth-order valence-electron chi connectivity index (χ4n) is 3.53. The van der Waals surface area contributed by atoms with Crippen LogP contribution in [-0.2, 0) is 4.79 Å². The molecule has 1 N–H and O–H groups in total. The lowest BCUT2D eigenvalue weighted by Crippen LogP contribution is -2.45. The van der Waals surface area contributed by atoms with E-state index in [1.54, 1.807) is 12.1 Å². The molecular weight excluding hydrogens is 404 g/mol. The average molecular weight is 422 g/mol. The number of hydrogen-bond donors (Lipinski definition) is 1. The van der Waals surface area contributed by atoms with Crippen LogP contribution in [0.5, 0.6) is 0 Å². The van der Waals surface area contributed by atoms with Crippen LogP contribution in [-0.4, -0.2) is 45.0 Å². The summed E-state index contributed by atoms with van der Waals surface area (Å²) < 4.78 is 55.0. The van der Waals surface area contributed by atoms with Gasteiger partial charge in [0.15, 0.2) is 11.7 Å². The van der Waals surface area contributed by atoms with Crippen molar-refractivity contribution in [2.24, 2.45) is 5.92 Å². The molecule has 1 saturated heterocycles. The van der Waals surface area contributed by atoms with E-state index in [1.165, 1.54) is 10.8 Å². The smallest absolute Gasteiger partial charge is 0.355 e. The summed E-state index contributed by atoms with van der Waals surface area (Å²) in [7, 11) is 0. The van der Waals surface area contributed by atoms with Gasteiger partial charge in [-0.25, -0.2) is 4.39 Å². The van der Waals surface area contributed by atoms with Crippen molar-refractivity contribution in [2.45, 2.75) is 25.1 Å². The van der Waals surface area contributed by atoms with E-state index in [0.29, 0.717) is 37.4 Å². The number of amides is 1. The Morgan fingerprint density at radius 1 is 1.10 bits per heavy atom. The van der Waals surface area contributed by atoms with Gasteiger partial charge >= 0.3 is 6.18 Å². The number of fused-ring (bicyclic) bond motifs is 1. The molecule has 2 aromatic heterocycles. The van der Waals surface area contributed by atoms with Gasteiger partial charge in [0.05, 0.1) is 0 Å². The van der Waals surface area contributed by atoms with E-state index >= 15 is 0 Å². The van der Waals surface area contributed by atoms with Crippen LogP contribution in [0.3, 0.4) is 0 Å². The van der Waals surface area contributed by atoms with E-state index in [4.69, 9.17) is 0 Å². The molecule has 0 radical (unpaired) electrons. The van der Waals surface area contributed by atoms with Crippen LogP contribution in [0.4, 0.5) is 23.4 Å². The van der Waals surface area contributed by atoms with Crippen molar-refractivity contribution >= 4 is 17.4 Å². The molecule has 158 valence electrons. The van der Waals surface area contributed by atoms with Crippen molar-refractivity contribution in [3.63, 3.8) is 0 Å². The van der Waals surface area contributed by atoms with Gasteiger partial charge in [-0.15, -0.1) is 15.3 Å². The van der Waals surface area contributed by atoms with E-state index in [9.17, 15) is 22.4 Å². The minimum Gasteiger partial charge on any atom is -0.355 e. The first-order chi connectivity index (χ1) is 14.3. The molecule has 1 aliphatic rings. The number of nitrogens with one attached hydrogen (secondary N) is 1. The van der Waals surface area contributed by atoms with Gasteiger partial charge in [0.1, 0.15) is 18.0 Å². The minimum atomic E-state index is -4.69. The zero-order valence-electron chi connectivity index (χ0n) is 15.7. The zero-order valence-corrected chi connectivity index (χ0v) is 15.7. The summed E-state index contributed by atoms with van der Waals surface area (Å²) in [6, 6.07) is 5.33. The molecule has 7 nitrogen and oxygen atoms in total. The molecule has 1 atom stereocenters. The van der Waals surface area contributed by atoms with Gasteiger partial charge in [-0.2, -0.15) is 17.7 Å². The molecule has 1 fully saturated rings. The molecule has 1 aliphatic heterocycles. The highest BCUT2D eigenvalue weighted by atomic mass is 19.4. The van der Waals surface area contributed by atoms with Gasteiger partial charge in [-0.3, -0.25) is 4.79 Å². The summed E-state index contributed by atoms with van der Waals surface area (Å²) in [6.45, 7) is 0.956. The summed E-state index contributed by atoms with van der Waals surface area (Å²) in [5, 5.41) is 14.1. The molecule has 1 unspecified atom stereocenters. The molecule has 3 heterocycles. The monoisotopic (exact) mass is 422 g/mol. The Morgan fingerprint density at radius 2 is 1.80 bits per heavy atom. The molecule has 11 heteroatoms. The zero-order chi connectivity index (χ0) is 21.3. The van der Waals surface area contributed by atoms with Gasteiger partial charge in [-0.05, 0) is 42.7 Å². The third kappa shape index (κ3) is 4.19. The summed E-state index contributed by atoms with van der Waals surface area (Å²) in [5.41, 5.74) is 0.396. The number of carbonyl (C=O) groups excluding carboxylic acids is 1. The molecule has 3 aromatic rings. The third-order valence-electron chi connectivity index (χ3n) is 5.15. The van der Waals surface area contributed by atoms with Gasteiger partial charge in [0.25, 0.3) is 0 Å². The Balaban J connectivity index is 1.40. The Kier molecular flexibility index (Phi) is 5.27. The second-order valence-corrected chi connectivity index (χ2v) is 7.12. The first kappa shape index (κ1) is 20.0. The average Bonchev–Trinajstić information content (AvgIpc) is 3.20. The fourth-order valence-corrected chi connectivity index (χ4v) is 3.53. The number of rotatable bonds is 4. The number of anilines is 1. The summed E-state index contributed by atoms with van der Waals surface area (Å²) in [6.07, 6.45) is -2.43. The van der Waals surface area contributed by atoms with Crippen LogP contribution in [0.15, 0.2) is 42.7 Å². The van der Waals surface area contributed by atoms with E-state index in [-0.39, 0.29) is 5.56 Å². The SMILES string of the molecule is O=C(NC(c1ccc(F)cc1)C(F)(F)F)C1CCN(c2ccc3nncn3n2)CC1. The first-order valence-electron chi connectivity index (χ1n) is 9.36. The molecular formula is C19H18F4N6O. The van der Waals surface area contributed by atoms with E-state index in [1.807, 2.05) is 4.90 Å². The Labute approximate surface area is 168 Å². The topological polar surface area (TPSA) is 75.4 Å². The fraction of sp³-hybridized carbons (Fsp3) is 0.368. The number of benzene rings is 1. The Hall–Kier alpha value is -3.24. The first-order valence-corrected chi connectivity index (χ1v) is 9.36. The second-order valence-electron chi connectivity index (χ2n) is 7.12. The number of halogens is 4. The maximum absolute atomic E-state index is 13.5. The lowest BCUT2D eigenvalue weighted by atomic mass is 9.95. The van der Waals surface area contributed by atoms with Crippen molar-refractivity contribution in [2.75, 3.05) is 18.0 Å². The van der Waals surface area contributed by atoms with Crippen molar-refractivity contribution in [1.82, 2.24) is 25.1 Å². The second kappa shape index (κ2) is 7.88. The number of piperidine rings is 1. The van der Waals surface area contributed by atoms with Crippen molar-refractivity contribution < 1.29 is 22.4 Å². The van der Waals surface area contributed by atoms with Crippen LogP contribution in [0.2, 0.25) is 0 Å². The highest BCUT2D eigenvalue weighted by Crippen LogP contribution is 2.33. The van der Waals surface area contributed by atoms with Gasteiger partial charge in [-0.1, -0.05) is 12.1 Å². The lowest BCUT2D eigenvalue weighted by Gasteiger charge is -2.33. The maximum atomic E-state index is 13.5. The number of nitrogens with zero attached hydrogens (tertiary/aromatic N) is 5. The molecule has 0 saturated carbocycles. The normalized spacial score (nSPS) is 16.6. The number of hydrogen-bond acceptors (Lipinski definition) is 5. The molecule has 0 aliphatic carbocycles. The third-order valence-corrected chi connectivity index (χ3v) is 5.15. The molecule has 0 bridgehead atoms. The Bertz CT molecular complexity index is 1030. The molecule has 30 heavy (non-hydrogen) atoms. The minimum absolute atomic E-state index is 0.207. The number of aromatic nitrogens is 4. The van der Waals surface area contributed by atoms with Crippen LogP contribution in [0, 0.1) is 11.7 Å². The molecule has 1 amide bonds. The lowest BCUT2D eigenvalue weighted by molar-refractivity contribution is -0.164. The van der Waals surface area contributed by atoms with Crippen LogP contribution >= 0.6 is 0 Å². The summed E-state index contributed by atoms with van der Waals surface area (Å²) >= 11 is 0. The van der Waals surface area contributed by atoms with Crippen LogP contribution < -0.4 is 10.2 Å². The number of carbonyl (C=O) groups is 1.